The monoisotopic (exact) mass is 311 g/mol. The van der Waals surface area contributed by atoms with Crippen molar-refractivity contribution in [2.75, 3.05) is 13.1 Å². The minimum absolute atomic E-state index is 0.0812. The summed E-state index contributed by atoms with van der Waals surface area (Å²) in [6.45, 7) is 7.34. The number of halogens is 1. The standard InChI is InChI=1S/C14H18BrNO2/c1-9-4-5-12(6-13(9)15)14(17)16-7-10(2)18-11(3)8-16/h4-6,10-11H,7-8H2,1-3H3. The second-order valence-electron chi connectivity index (χ2n) is 4.93. The van der Waals surface area contributed by atoms with Crippen LogP contribution < -0.4 is 0 Å². The minimum Gasteiger partial charge on any atom is -0.372 e. The highest BCUT2D eigenvalue weighted by atomic mass is 79.9. The third-order valence-corrected chi connectivity index (χ3v) is 3.98. The number of morpholine rings is 1. The summed E-state index contributed by atoms with van der Waals surface area (Å²) in [5.74, 6) is 0.0812. The van der Waals surface area contributed by atoms with E-state index in [1.54, 1.807) is 0 Å². The van der Waals surface area contributed by atoms with Gasteiger partial charge in [0.2, 0.25) is 0 Å². The Balaban J connectivity index is 2.17. The van der Waals surface area contributed by atoms with Gasteiger partial charge in [-0.05, 0) is 38.5 Å². The Bertz CT molecular complexity index is 451. The molecule has 1 aromatic carbocycles. The zero-order chi connectivity index (χ0) is 13.3. The first-order valence-electron chi connectivity index (χ1n) is 6.18. The van der Waals surface area contributed by atoms with Crippen molar-refractivity contribution < 1.29 is 9.53 Å². The number of hydrogen-bond acceptors (Lipinski definition) is 2. The fourth-order valence-corrected chi connectivity index (χ4v) is 2.63. The van der Waals surface area contributed by atoms with Crippen molar-refractivity contribution in [3.63, 3.8) is 0 Å². The molecule has 0 spiro atoms. The van der Waals surface area contributed by atoms with Crippen molar-refractivity contribution in [3.05, 3.63) is 33.8 Å². The molecule has 98 valence electrons. The molecule has 0 aliphatic carbocycles. The van der Waals surface area contributed by atoms with Crippen LogP contribution in [0.2, 0.25) is 0 Å². The normalized spacial score (nSPS) is 24.1. The first-order chi connectivity index (χ1) is 8.47. The number of amides is 1. The Morgan fingerprint density at radius 1 is 1.33 bits per heavy atom. The highest BCUT2D eigenvalue weighted by Crippen LogP contribution is 2.20. The zero-order valence-electron chi connectivity index (χ0n) is 10.9. The van der Waals surface area contributed by atoms with E-state index in [1.165, 1.54) is 0 Å². The summed E-state index contributed by atoms with van der Waals surface area (Å²) in [5.41, 5.74) is 1.86. The summed E-state index contributed by atoms with van der Waals surface area (Å²) in [5, 5.41) is 0. The van der Waals surface area contributed by atoms with Gasteiger partial charge in [-0.2, -0.15) is 0 Å². The molecular weight excluding hydrogens is 294 g/mol. The van der Waals surface area contributed by atoms with E-state index in [4.69, 9.17) is 4.74 Å². The maximum absolute atomic E-state index is 12.4. The molecule has 4 heteroatoms. The molecule has 0 bridgehead atoms. The fourth-order valence-electron chi connectivity index (χ4n) is 2.25. The van der Waals surface area contributed by atoms with Gasteiger partial charge in [-0.3, -0.25) is 4.79 Å². The van der Waals surface area contributed by atoms with Crippen LogP contribution in [0.5, 0.6) is 0 Å². The molecular formula is C14H18BrNO2. The average molecular weight is 312 g/mol. The predicted molar refractivity (Wildman–Crippen MR) is 74.8 cm³/mol. The molecule has 2 rings (SSSR count). The van der Waals surface area contributed by atoms with E-state index < -0.39 is 0 Å². The molecule has 0 aromatic heterocycles. The molecule has 1 fully saturated rings. The first kappa shape index (κ1) is 13.6. The summed E-state index contributed by atoms with van der Waals surface area (Å²) in [7, 11) is 0. The van der Waals surface area contributed by atoms with Crippen LogP contribution in [0, 0.1) is 6.92 Å². The van der Waals surface area contributed by atoms with E-state index in [-0.39, 0.29) is 18.1 Å². The van der Waals surface area contributed by atoms with Crippen molar-refractivity contribution in [1.82, 2.24) is 4.90 Å². The van der Waals surface area contributed by atoms with E-state index in [1.807, 2.05) is 43.9 Å². The van der Waals surface area contributed by atoms with Gasteiger partial charge < -0.3 is 9.64 Å². The number of ether oxygens (including phenoxy) is 1. The van der Waals surface area contributed by atoms with Crippen molar-refractivity contribution in [2.24, 2.45) is 0 Å². The second-order valence-corrected chi connectivity index (χ2v) is 5.79. The van der Waals surface area contributed by atoms with Crippen LogP contribution >= 0.6 is 15.9 Å². The third kappa shape index (κ3) is 2.93. The molecule has 2 atom stereocenters. The topological polar surface area (TPSA) is 29.5 Å². The summed E-state index contributed by atoms with van der Waals surface area (Å²) >= 11 is 3.47. The van der Waals surface area contributed by atoms with Crippen molar-refractivity contribution >= 4 is 21.8 Å². The van der Waals surface area contributed by atoms with E-state index in [0.29, 0.717) is 13.1 Å². The van der Waals surface area contributed by atoms with E-state index in [0.717, 1.165) is 15.6 Å². The van der Waals surface area contributed by atoms with Gasteiger partial charge in [0.25, 0.3) is 5.91 Å². The molecule has 1 aliphatic heterocycles. The van der Waals surface area contributed by atoms with Crippen LogP contribution in [-0.4, -0.2) is 36.1 Å². The highest BCUT2D eigenvalue weighted by molar-refractivity contribution is 9.10. The maximum Gasteiger partial charge on any atom is 0.254 e. The summed E-state index contributed by atoms with van der Waals surface area (Å²) < 4.78 is 6.62. The van der Waals surface area contributed by atoms with Crippen LogP contribution in [-0.2, 0) is 4.74 Å². The Morgan fingerprint density at radius 3 is 2.50 bits per heavy atom. The van der Waals surface area contributed by atoms with Crippen molar-refractivity contribution in [2.45, 2.75) is 33.0 Å². The number of benzene rings is 1. The van der Waals surface area contributed by atoms with Crippen LogP contribution in [0.15, 0.2) is 22.7 Å². The number of aryl methyl sites for hydroxylation is 1. The smallest absolute Gasteiger partial charge is 0.254 e. The third-order valence-electron chi connectivity index (χ3n) is 3.13. The molecule has 0 radical (unpaired) electrons. The lowest BCUT2D eigenvalue weighted by molar-refractivity contribution is -0.0586. The van der Waals surface area contributed by atoms with Crippen LogP contribution in [0.4, 0.5) is 0 Å². The van der Waals surface area contributed by atoms with Gasteiger partial charge >= 0.3 is 0 Å². The van der Waals surface area contributed by atoms with Gasteiger partial charge in [0.05, 0.1) is 12.2 Å². The first-order valence-corrected chi connectivity index (χ1v) is 6.97. The van der Waals surface area contributed by atoms with Crippen molar-refractivity contribution in [3.8, 4) is 0 Å². The van der Waals surface area contributed by atoms with E-state index >= 15 is 0 Å². The number of carbonyl (C=O) groups is 1. The molecule has 1 aromatic rings. The lowest BCUT2D eigenvalue weighted by Gasteiger charge is -2.35. The maximum atomic E-state index is 12.4. The SMILES string of the molecule is Cc1ccc(C(=O)N2CC(C)OC(C)C2)cc1Br. The molecule has 3 nitrogen and oxygen atoms in total. The summed E-state index contributed by atoms with van der Waals surface area (Å²) in [6.07, 6.45) is 0.207. The number of rotatable bonds is 1. The molecule has 0 N–H and O–H groups in total. The second kappa shape index (κ2) is 5.41. The van der Waals surface area contributed by atoms with Crippen LogP contribution in [0.1, 0.15) is 29.8 Å². The Hall–Kier alpha value is -0.870. The lowest BCUT2D eigenvalue weighted by atomic mass is 10.1. The van der Waals surface area contributed by atoms with Gasteiger partial charge in [-0.25, -0.2) is 0 Å². The Kier molecular flexibility index (Phi) is 4.07. The quantitative estimate of drug-likeness (QED) is 0.798. The average Bonchev–Trinajstić information content (AvgIpc) is 2.30. The number of carbonyl (C=O) groups excluding carboxylic acids is 1. The fraction of sp³-hybridized carbons (Fsp3) is 0.500. The largest absolute Gasteiger partial charge is 0.372 e. The van der Waals surface area contributed by atoms with Gasteiger partial charge in [-0.1, -0.05) is 22.0 Å². The molecule has 0 saturated carbocycles. The number of nitrogens with zero attached hydrogens (tertiary/aromatic N) is 1. The lowest BCUT2D eigenvalue weighted by Crippen LogP contribution is -2.48. The molecule has 1 amide bonds. The molecule has 1 aliphatic rings. The van der Waals surface area contributed by atoms with Crippen LogP contribution in [0.25, 0.3) is 0 Å². The molecule has 2 unspecified atom stereocenters. The van der Waals surface area contributed by atoms with Crippen LogP contribution in [0.3, 0.4) is 0 Å². The molecule has 1 saturated heterocycles. The highest BCUT2D eigenvalue weighted by Gasteiger charge is 2.26. The zero-order valence-corrected chi connectivity index (χ0v) is 12.5. The molecule has 18 heavy (non-hydrogen) atoms. The predicted octanol–water partition coefficient (Wildman–Crippen LogP) is 3.01. The molecule has 1 heterocycles. The van der Waals surface area contributed by atoms with E-state index in [9.17, 15) is 4.79 Å². The Labute approximate surface area is 116 Å². The van der Waals surface area contributed by atoms with E-state index in [2.05, 4.69) is 15.9 Å². The van der Waals surface area contributed by atoms with Gasteiger partial charge in [0.1, 0.15) is 0 Å². The Morgan fingerprint density at radius 2 is 1.94 bits per heavy atom. The van der Waals surface area contributed by atoms with Crippen molar-refractivity contribution in [1.29, 1.82) is 0 Å². The number of hydrogen-bond donors (Lipinski definition) is 0. The minimum atomic E-state index is 0.0812. The van der Waals surface area contributed by atoms with Gasteiger partial charge in [0, 0.05) is 23.1 Å². The summed E-state index contributed by atoms with van der Waals surface area (Å²) in [4.78, 5) is 14.3. The summed E-state index contributed by atoms with van der Waals surface area (Å²) in [6, 6.07) is 5.74. The van der Waals surface area contributed by atoms with Gasteiger partial charge in [-0.15, -0.1) is 0 Å². The van der Waals surface area contributed by atoms with Gasteiger partial charge in [0.15, 0.2) is 0 Å².